The average molecular weight is 348 g/mol. The van der Waals surface area contributed by atoms with Crippen molar-refractivity contribution in [2.24, 2.45) is 0 Å². The van der Waals surface area contributed by atoms with Crippen LogP contribution in [0.3, 0.4) is 0 Å². The molecule has 0 saturated heterocycles. The van der Waals surface area contributed by atoms with Gasteiger partial charge in [-0.25, -0.2) is 9.80 Å². The monoisotopic (exact) mass is 347 g/mol. The maximum absolute atomic E-state index is 14.0. The molecule has 0 fully saturated rings. The average Bonchev–Trinajstić information content (AvgIpc) is 2.60. The molecule has 1 aromatic carbocycles. The Kier molecular flexibility index (Phi) is 3.79. The number of halogens is 6. The number of aliphatic hydroxyl groups is 1. The third-order valence-electron chi connectivity index (χ3n) is 3.33. The van der Waals surface area contributed by atoms with Crippen molar-refractivity contribution in [2.75, 3.05) is 0 Å². The SMILES string of the molecule is Cl.N=c1n2c3c(cc(C(F)(F)F)cc3[s+]1F)[C@H](O)[C@H](F)C2. The normalized spacial score (nSPS) is 22.3. The lowest BCUT2D eigenvalue weighted by Gasteiger charge is -2.23. The van der Waals surface area contributed by atoms with Gasteiger partial charge in [-0.3, -0.25) is 4.57 Å². The molecular weight excluding hydrogens is 339 g/mol. The zero-order chi connectivity index (χ0) is 14.8. The second-order valence-corrected chi connectivity index (χ2v) is 5.88. The molecule has 3 nitrogen and oxygen atoms in total. The Hall–Kier alpha value is -1.19. The van der Waals surface area contributed by atoms with E-state index >= 15 is 0 Å². The fraction of sp³-hybridized carbons (Fsp3) is 0.364. The Morgan fingerprint density at radius 1 is 1.33 bits per heavy atom. The standard InChI is InChI=1S/C11H8F5N2OS.ClH/c12-6-3-18-8-5(9(6)19)1-4(11(13,14)15)2-7(8)20(16)10(18)17;/h1-2,6,9,17,19H,3H2;1H/q+1;/t6-,9+,20?;/m1./s1. The van der Waals surface area contributed by atoms with Crippen LogP contribution < -0.4 is 4.80 Å². The minimum absolute atomic E-state index is 0. The molecule has 0 aliphatic carbocycles. The fourth-order valence-electron chi connectivity index (χ4n) is 2.39. The molecule has 2 N–H and O–H groups in total. The number of hydrogen-bond acceptors (Lipinski definition) is 2. The van der Waals surface area contributed by atoms with Crippen LogP contribution in [0.1, 0.15) is 17.2 Å². The molecule has 2 heterocycles. The van der Waals surface area contributed by atoms with Crippen molar-refractivity contribution in [3.63, 3.8) is 0 Å². The molecule has 116 valence electrons. The molecule has 0 saturated carbocycles. The summed E-state index contributed by atoms with van der Waals surface area (Å²) in [7, 11) is -2.34. The van der Waals surface area contributed by atoms with Crippen molar-refractivity contribution in [2.45, 2.75) is 25.0 Å². The summed E-state index contributed by atoms with van der Waals surface area (Å²) in [6.45, 7) is -0.432. The van der Waals surface area contributed by atoms with Crippen molar-refractivity contribution in [1.82, 2.24) is 4.57 Å². The lowest BCUT2D eigenvalue weighted by molar-refractivity contribution is -0.137. The predicted octanol–water partition coefficient (Wildman–Crippen LogP) is 3.43. The number of nitrogens with zero attached hydrogens (tertiary/aromatic N) is 1. The van der Waals surface area contributed by atoms with Gasteiger partial charge in [0.05, 0.1) is 16.0 Å². The number of alkyl halides is 4. The number of benzene rings is 1. The minimum Gasteiger partial charge on any atom is -0.385 e. The van der Waals surface area contributed by atoms with E-state index in [1.54, 1.807) is 0 Å². The largest absolute Gasteiger partial charge is 0.416 e. The summed E-state index contributed by atoms with van der Waals surface area (Å²) in [6.07, 6.45) is -8.34. The van der Waals surface area contributed by atoms with Gasteiger partial charge < -0.3 is 5.11 Å². The van der Waals surface area contributed by atoms with Gasteiger partial charge in [0.25, 0.3) is 10.9 Å². The molecule has 2 aromatic rings. The first kappa shape index (κ1) is 16.2. The van der Waals surface area contributed by atoms with Gasteiger partial charge in [0.2, 0.25) is 4.70 Å². The van der Waals surface area contributed by atoms with Crippen LogP contribution in [0.4, 0.5) is 21.4 Å². The first-order chi connectivity index (χ1) is 9.21. The highest BCUT2D eigenvalue weighted by molar-refractivity contribution is 7.29. The first-order valence-corrected chi connectivity index (χ1v) is 6.68. The second kappa shape index (κ2) is 4.92. The molecular formula is C11H9ClF5N2OS+. The Morgan fingerprint density at radius 3 is 2.52 bits per heavy atom. The van der Waals surface area contributed by atoms with Crippen molar-refractivity contribution in [1.29, 1.82) is 5.41 Å². The van der Waals surface area contributed by atoms with E-state index in [1.807, 2.05) is 0 Å². The third-order valence-corrected chi connectivity index (χ3v) is 4.59. The molecule has 0 bridgehead atoms. The number of rotatable bonds is 0. The van der Waals surface area contributed by atoms with Gasteiger partial charge in [0.15, 0.2) is 0 Å². The van der Waals surface area contributed by atoms with Crippen LogP contribution in [0.5, 0.6) is 0 Å². The highest BCUT2D eigenvalue weighted by atomic mass is 35.5. The van der Waals surface area contributed by atoms with Crippen LogP contribution >= 0.6 is 23.3 Å². The summed E-state index contributed by atoms with van der Waals surface area (Å²) in [5.41, 5.74) is -1.47. The minimum atomic E-state index is -4.73. The van der Waals surface area contributed by atoms with Gasteiger partial charge in [0, 0.05) is 11.6 Å². The van der Waals surface area contributed by atoms with Gasteiger partial charge >= 0.3 is 11.0 Å². The van der Waals surface area contributed by atoms with Gasteiger partial charge in [-0.2, -0.15) is 13.2 Å². The quantitative estimate of drug-likeness (QED) is 0.557. The van der Waals surface area contributed by atoms with Crippen LogP contribution in [-0.2, 0) is 12.7 Å². The van der Waals surface area contributed by atoms with Crippen molar-refractivity contribution >= 4 is 33.5 Å². The van der Waals surface area contributed by atoms with E-state index in [2.05, 4.69) is 0 Å². The van der Waals surface area contributed by atoms with Crippen LogP contribution in [0.15, 0.2) is 12.1 Å². The Balaban J connectivity index is 0.00000161. The second-order valence-electron chi connectivity index (χ2n) is 4.54. The van der Waals surface area contributed by atoms with Crippen molar-refractivity contribution in [3.8, 4) is 0 Å². The predicted molar refractivity (Wildman–Crippen MR) is 68.9 cm³/mol. The molecule has 10 heteroatoms. The molecule has 21 heavy (non-hydrogen) atoms. The Morgan fingerprint density at radius 2 is 1.95 bits per heavy atom. The molecule has 3 rings (SSSR count). The van der Waals surface area contributed by atoms with Crippen LogP contribution in [0.25, 0.3) is 10.2 Å². The lowest BCUT2D eigenvalue weighted by Crippen LogP contribution is -2.30. The Bertz CT molecular complexity index is 769. The van der Waals surface area contributed by atoms with Crippen LogP contribution in [0.2, 0.25) is 0 Å². The maximum Gasteiger partial charge on any atom is 0.416 e. The summed E-state index contributed by atoms with van der Waals surface area (Å²) < 4.78 is 66.6. The number of nitrogens with one attached hydrogen (secondary N) is 1. The number of hydrogen-bond donors (Lipinski definition) is 2. The zero-order valence-corrected chi connectivity index (χ0v) is 11.8. The van der Waals surface area contributed by atoms with Crippen molar-refractivity contribution in [3.05, 3.63) is 28.1 Å². The first-order valence-electron chi connectivity index (χ1n) is 5.55. The number of thiazole rings is 1. The number of aliphatic hydroxyl groups excluding tert-OH is 1. The van der Waals surface area contributed by atoms with E-state index in [1.165, 1.54) is 0 Å². The van der Waals surface area contributed by atoms with Gasteiger partial charge in [0.1, 0.15) is 17.8 Å². The van der Waals surface area contributed by atoms with Gasteiger partial charge in [-0.1, -0.05) is 0 Å². The van der Waals surface area contributed by atoms with Gasteiger partial charge in [-0.05, 0) is 6.07 Å². The summed E-state index contributed by atoms with van der Waals surface area (Å²) in [4.78, 5) is -0.574. The summed E-state index contributed by atoms with van der Waals surface area (Å²) >= 11 is 0. The molecule has 0 radical (unpaired) electrons. The summed E-state index contributed by atoms with van der Waals surface area (Å²) in [5, 5.41) is 17.2. The molecule has 0 spiro atoms. The summed E-state index contributed by atoms with van der Waals surface area (Å²) in [6, 6.07) is 1.25. The van der Waals surface area contributed by atoms with E-state index in [-0.39, 0.29) is 28.2 Å². The van der Waals surface area contributed by atoms with E-state index < -0.39 is 46.2 Å². The highest BCUT2D eigenvalue weighted by Crippen LogP contribution is 2.42. The highest BCUT2D eigenvalue weighted by Gasteiger charge is 2.40. The molecule has 0 amide bonds. The van der Waals surface area contributed by atoms with E-state index in [0.717, 1.165) is 4.57 Å². The smallest absolute Gasteiger partial charge is 0.385 e. The molecule has 3 atom stereocenters. The van der Waals surface area contributed by atoms with Crippen LogP contribution in [-0.4, -0.2) is 15.8 Å². The van der Waals surface area contributed by atoms with Crippen molar-refractivity contribution < 1.29 is 26.6 Å². The fourth-order valence-corrected chi connectivity index (χ4v) is 3.59. The van der Waals surface area contributed by atoms with Crippen LogP contribution in [0, 0.1) is 5.41 Å². The van der Waals surface area contributed by atoms with Gasteiger partial charge in [-0.15, -0.1) is 12.4 Å². The third kappa shape index (κ3) is 2.23. The van der Waals surface area contributed by atoms with E-state index in [9.17, 15) is 26.6 Å². The topological polar surface area (TPSA) is 49.0 Å². The van der Waals surface area contributed by atoms with E-state index in [4.69, 9.17) is 5.41 Å². The number of aromatic nitrogens is 1. The zero-order valence-electron chi connectivity index (χ0n) is 10.1. The molecule has 1 aliphatic rings. The molecule has 1 aliphatic heterocycles. The summed E-state index contributed by atoms with van der Waals surface area (Å²) in [5.74, 6) is 0. The Labute approximate surface area is 123 Å². The maximum atomic E-state index is 14.0. The molecule has 1 unspecified atom stereocenters. The molecule has 1 aromatic heterocycles. The lowest BCUT2D eigenvalue weighted by atomic mass is 9.98. The van der Waals surface area contributed by atoms with E-state index in [0.29, 0.717) is 12.1 Å².